The summed E-state index contributed by atoms with van der Waals surface area (Å²) in [6.07, 6.45) is 5.47. The van der Waals surface area contributed by atoms with Gasteiger partial charge in [0.1, 0.15) is 16.8 Å². The summed E-state index contributed by atoms with van der Waals surface area (Å²) in [6.45, 7) is 14.6. The second kappa shape index (κ2) is 19.3. The molecule has 5 aliphatic heterocycles. The highest BCUT2D eigenvalue weighted by molar-refractivity contribution is 7.92. The fourth-order valence-corrected chi connectivity index (χ4v) is 11.6. The Hall–Kier alpha value is -5.78. The summed E-state index contributed by atoms with van der Waals surface area (Å²) in [6, 6.07) is 16.5. The number of anilines is 5. The van der Waals surface area contributed by atoms with Crippen LogP contribution in [-0.2, 0) is 30.8 Å². The van der Waals surface area contributed by atoms with Crippen LogP contribution in [0.2, 0.25) is 5.02 Å². The third kappa shape index (κ3) is 9.61. The minimum Gasteiger partial charge on any atom is -0.489 e. The van der Waals surface area contributed by atoms with Gasteiger partial charge in [-0.1, -0.05) is 23.7 Å². The molecule has 6 heterocycles. The number of imide groups is 1. The van der Waals surface area contributed by atoms with Crippen LogP contribution in [0, 0.1) is 12.8 Å². The molecule has 360 valence electrons. The molecule has 68 heavy (non-hydrogen) atoms. The van der Waals surface area contributed by atoms with Gasteiger partial charge in [0, 0.05) is 62.4 Å². The number of hydrogen-bond donors (Lipinski definition) is 3. The van der Waals surface area contributed by atoms with Gasteiger partial charge in [0.15, 0.2) is 15.7 Å². The number of fused-ring (bicyclic) bond motifs is 1. The first-order valence-electron chi connectivity index (χ1n) is 23.8. The highest BCUT2D eigenvalue weighted by Crippen LogP contribution is 2.40. The summed E-state index contributed by atoms with van der Waals surface area (Å²) in [4.78, 5) is 68.8. The van der Waals surface area contributed by atoms with Crippen LogP contribution in [0.3, 0.4) is 0 Å². The van der Waals surface area contributed by atoms with Crippen molar-refractivity contribution in [3.8, 4) is 5.75 Å². The summed E-state index contributed by atoms with van der Waals surface area (Å²) in [5, 5.41) is 8.45. The molecule has 1 aromatic heterocycles. The Morgan fingerprint density at radius 2 is 1.63 bits per heavy atom. The van der Waals surface area contributed by atoms with Crippen LogP contribution in [0.4, 0.5) is 28.8 Å². The molecule has 9 rings (SSSR count). The van der Waals surface area contributed by atoms with E-state index in [-0.39, 0.29) is 57.8 Å². The number of hydrogen-bond acceptors (Lipinski definition) is 13. The van der Waals surface area contributed by atoms with E-state index in [1.54, 1.807) is 43.0 Å². The molecule has 4 fully saturated rings. The molecule has 4 aromatic rings. The Kier molecular flexibility index (Phi) is 13.4. The highest BCUT2D eigenvalue weighted by Gasteiger charge is 2.41. The number of aryl methyl sites for hydroxylation is 1. The molecule has 4 amide bonds. The van der Waals surface area contributed by atoms with E-state index >= 15 is 0 Å². The largest absolute Gasteiger partial charge is 0.489 e. The zero-order valence-corrected chi connectivity index (χ0v) is 40.8. The number of sulfone groups is 1. The molecule has 1 unspecified atom stereocenters. The molecule has 0 aliphatic carbocycles. The van der Waals surface area contributed by atoms with Crippen molar-refractivity contribution in [3.05, 3.63) is 88.1 Å². The van der Waals surface area contributed by atoms with E-state index in [9.17, 15) is 27.6 Å². The van der Waals surface area contributed by atoms with Gasteiger partial charge in [0.05, 0.1) is 33.8 Å². The van der Waals surface area contributed by atoms with Crippen molar-refractivity contribution in [1.29, 1.82) is 0 Å². The first-order chi connectivity index (χ1) is 32.5. The number of carbonyl (C=O) groups excluding carboxylic acids is 4. The molecule has 5 aliphatic rings. The first kappa shape index (κ1) is 47.3. The smallest absolute Gasteiger partial charge is 0.255 e. The predicted octanol–water partition coefficient (Wildman–Crippen LogP) is 6.96. The Labute approximate surface area is 403 Å². The normalized spacial score (nSPS) is 19.9. The lowest BCUT2D eigenvalue weighted by Crippen LogP contribution is -2.63. The monoisotopic (exact) mass is 965 g/mol. The number of aromatic nitrogens is 2. The summed E-state index contributed by atoms with van der Waals surface area (Å²) < 4.78 is 32.6. The number of nitrogens with one attached hydrogen (secondary N) is 3. The summed E-state index contributed by atoms with van der Waals surface area (Å²) in [5.74, 6) is 0.909. The average Bonchev–Trinajstić information content (AvgIpc) is 3.62. The second-order valence-corrected chi connectivity index (χ2v) is 22.2. The summed E-state index contributed by atoms with van der Waals surface area (Å²) in [5.41, 5.74) is 5.95. The van der Waals surface area contributed by atoms with Crippen LogP contribution in [0.25, 0.3) is 0 Å². The molecule has 1 atom stereocenters. The van der Waals surface area contributed by atoms with Gasteiger partial charge < -0.3 is 30.1 Å². The van der Waals surface area contributed by atoms with Crippen LogP contribution < -0.4 is 25.6 Å². The van der Waals surface area contributed by atoms with Crippen molar-refractivity contribution in [2.75, 3.05) is 54.8 Å². The van der Waals surface area contributed by atoms with Crippen molar-refractivity contribution in [2.45, 2.75) is 114 Å². The molecule has 4 saturated heterocycles. The zero-order valence-electron chi connectivity index (χ0n) is 39.3. The molecule has 16 nitrogen and oxygen atoms in total. The fraction of sp³-hybridized carbons (Fsp3) is 0.480. The topological polar surface area (TPSA) is 186 Å². The van der Waals surface area contributed by atoms with Gasteiger partial charge in [0.25, 0.3) is 5.91 Å². The van der Waals surface area contributed by atoms with Gasteiger partial charge in [-0.15, -0.1) is 0 Å². The van der Waals surface area contributed by atoms with E-state index in [0.717, 1.165) is 81.8 Å². The molecule has 0 spiro atoms. The van der Waals surface area contributed by atoms with E-state index in [0.29, 0.717) is 47.6 Å². The van der Waals surface area contributed by atoms with Crippen LogP contribution in [0.1, 0.15) is 99.2 Å². The molecular weight excluding hydrogens is 906 g/mol. The number of piperidine rings is 3. The van der Waals surface area contributed by atoms with Crippen molar-refractivity contribution in [2.24, 2.45) is 5.92 Å². The standard InChI is InChI=1S/C50H60ClN9O7S/c1-29(2)67-43-24-38(31(5)22-41(43)54-50-52-25-39(51)46(56-50)53-40-8-6-7-9-44(40)68(65,66)30(3)4)32-14-18-58(19-15-32)36-27-59(28-36)48(63)33-16-20-57(21-17-33)35-10-11-37-34(23-35)26-60(49(37)64)42-12-13-45(61)55-47(42)62/h6-11,22-25,29-30,32-33,36,42H,12-21,26-28H2,1-5H3,(H,55,61,62)(H2,52,53,54,56). The quantitative estimate of drug-likeness (QED) is 0.117. The maximum absolute atomic E-state index is 13.7. The molecule has 18 heteroatoms. The zero-order chi connectivity index (χ0) is 48.0. The second-order valence-electron chi connectivity index (χ2n) is 19.3. The van der Waals surface area contributed by atoms with Crippen LogP contribution >= 0.6 is 11.6 Å². The minimum atomic E-state index is -3.58. The van der Waals surface area contributed by atoms with E-state index in [2.05, 4.69) is 54.8 Å². The fourth-order valence-electron chi connectivity index (χ4n) is 10.3. The first-order valence-corrected chi connectivity index (χ1v) is 25.7. The number of benzene rings is 3. The lowest BCUT2D eigenvalue weighted by Gasteiger charge is -2.49. The Morgan fingerprint density at radius 3 is 2.34 bits per heavy atom. The predicted molar refractivity (Wildman–Crippen MR) is 261 cm³/mol. The van der Waals surface area contributed by atoms with E-state index < -0.39 is 27.0 Å². The molecule has 0 bridgehead atoms. The molecular formula is C50H60ClN9O7S. The van der Waals surface area contributed by atoms with Crippen LogP contribution in [0.15, 0.2) is 65.7 Å². The lowest BCUT2D eigenvalue weighted by atomic mass is 9.85. The van der Waals surface area contributed by atoms with E-state index in [4.69, 9.17) is 16.3 Å². The third-order valence-corrected chi connectivity index (χ3v) is 16.7. The van der Waals surface area contributed by atoms with Crippen LogP contribution in [-0.4, -0.2) is 119 Å². The number of likely N-dealkylation sites (tertiary alicyclic amines) is 2. The lowest BCUT2D eigenvalue weighted by molar-refractivity contribution is -0.144. The van der Waals surface area contributed by atoms with Gasteiger partial charge in [-0.3, -0.25) is 29.4 Å². The SMILES string of the molecule is Cc1cc(Nc2ncc(Cl)c(Nc3ccccc3S(=O)(=O)C(C)C)n2)c(OC(C)C)cc1C1CCN(C2CN(C(=O)C3CCN(c4ccc5c(c4)CN(C4CCC(=O)NC4=O)C5=O)CC3)C2)CC1. The number of carbonyl (C=O) groups is 4. The maximum Gasteiger partial charge on any atom is 0.255 e. The molecule has 0 radical (unpaired) electrons. The Balaban J connectivity index is 0.770. The highest BCUT2D eigenvalue weighted by atomic mass is 35.5. The van der Waals surface area contributed by atoms with Crippen molar-refractivity contribution >= 4 is 73.9 Å². The molecule has 3 N–H and O–H groups in total. The number of nitrogens with zero attached hydrogens (tertiary/aromatic N) is 6. The van der Waals surface area contributed by atoms with Crippen LogP contribution in [0.5, 0.6) is 5.75 Å². The number of ether oxygens (including phenoxy) is 1. The van der Waals surface area contributed by atoms with Crippen molar-refractivity contribution < 1.29 is 32.3 Å². The summed E-state index contributed by atoms with van der Waals surface area (Å²) >= 11 is 6.53. The van der Waals surface area contributed by atoms with Gasteiger partial charge >= 0.3 is 0 Å². The number of amides is 4. The number of rotatable bonds is 13. The Morgan fingerprint density at radius 1 is 0.897 bits per heavy atom. The van der Waals surface area contributed by atoms with Crippen molar-refractivity contribution in [3.63, 3.8) is 0 Å². The third-order valence-electron chi connectivity index (χ3n) is 14.2. The van der Waals surface area contributed by atoms with E-state index in [1.165, 1.54) is 11.8 Å². The number of para-hydroxylation sites is 1. The minimum absolute atomic E-state index is 0.0113. The Bertz CT molecular complexity index is 2730. The maximum atomic E-state index is 13.7. The number of halogens is 1. The van der Waals surface area contributed by atoms with Gasteiger partial charge in [-0.25, -0.2) is 13.4 Å². The summed E-state index contributed by atoms with van der Waals surface area (Å²) in [7, 11) is -3.58. The van der Waals surface area contributed by atoms with Gasteiger partial charge in [0.2, 0.25) is 23.7 Å². The van der Waals surface area contributed by atoms with Gasteiger partial charge in [-0.2, -0.15) is 4.98 Å². The average molecular weight is 967 g/mol. The van der Waals surface area contributed by atoms with E-state index in [1.807, 2.05) is 36.9 Å². The molecule has 3 aromatic carbocycles. The van der Waals surface area contributed by atoms with Crippen molar-refractivity contribution in [1.82, 2.24) is 30.0 Å². The molecule has 0 saturated carbocycles. The van der Waals surface area contributed by atoms with Gasteiger partial charge in [-0.05, 0) is 145 Å².